The van der Waals surface area contributed by atoms with Crippen LogP contribution in [0.25, 0.3) is 5.69 Å². The van der Waals surface area contributed by atoms with Crippen molar-refractivity contribution in [3.63, 3.8) is 0 Å². The van der Waals surface area contributed by atoms with Crippen LogP contribution in [0.5, 0.6) is 0 Å². The van der Waals surface area contributed by atoms with E-state index in [1.165, 1.54) is 5.56 Å². The maximum Gasteiger partial charge on any atom is 0.191 e. The number of nitrogens with zero attached hydrogens (tertiary/aromatic N) is 3. The van der Waals surface area contributed by atoms with E-state index >= 15 is 0 Å². The first kappa shape index (κ1) is 11.8. The molecule has 5 heteroatoms. The van der Waals surface area contributed by atoms with Crippen LogP contribution in [0.3, 0.4) is 0 Å². The third-order valence-electron chi connectivity index (χ3n) is 3.13. The molecule has 0 saturated carbocycles. The molecule has 1 aliphatic heterocycles. The molecule has 2 aromatic rings. The number of hydrogen-bond donors (Lipinski definition) is 2. The third-order valence-corrected chi connectivity index (χ3v) is 3.13. The van der Waals surface area contributed by atoms with E-state index in [-0.39, 0.29) is 0 Å². The summed E-state index contributed by atoms with van der Waals surface area (Å²) in [4.78, 5) is 8.49. The average molecular weight is 255 g/mol. The summed E-state index contributed by atoms with van der Waals surface area (Å²) in [6.45, 7) is 3.70. The van der Waals surface area contributed by atoms with Crippen molar-refractivity contribution in [2.24, 2.45) is 4.99 Å². The van der Waals surface area contributed by atoms with Crippen molar-refractivity contribution >= 4 is 5.96 Å². The van der Waals surface area contributed by atoms with Gasteiger partial charge in [-0.05, 0) is 18.6 Å². The molecule has 19 heavy (non-hydrogen) atoms. The third kappa shape index (κ3) is 2.59. The molecule has 1 atom stereocenters. The molecule has 1 aliphatic rings. The Morgan fingerprint density at radius 1 is 1.42 bits per heavy atom. The molecule has 0 saturated heterocycles. The summed E-state index contributed by atoms with van der Waals surface area (Å²) >= 11 is 0. The minimum Gasteiger partial charge on any atom is -0.352 e. The highest BCUT2D eigenvalue weighted by Crippen LogP contribution is 2.13. The first-order valence-electron chi connectivity index (χ1n) is 6.44. The van der Waals surface area contributed by atoms with Crippen molar-refractivity contribution in [2.75, 3.05) is 6.54 Å². The molecule has 1 aromatic heterocycles. The van der Waals surface area contributed by atoms with E-state index < -0.39 is 0 Å². The van der Waals surface area contributed by atoms with Gasteiger partial charge in [-0.25, -0.2) is 4.98 Å². The summed E-state index contributed by atoms with van der Waals surface area (Å²) < 4.78 is 2.02. The predicted octanol–water partition coefficient (Wildman–Crippen LogP) is 1.31. The summed E-state index contributed by atoms with van der Waals surface area (Å²) in [5, 5.41) is 6.63. The lowest BCUT2D eigenvalue weighted by Gasteiger charge is -2.12. The normalized spacial score (nSPS) is 17.9. The molecule has 0 amide bonds. The lowest BCUT2D eigenvalue weighted by atomic mass is 10.1. The Labute approximate surface area is 112 Å². The Kier molecular flexibility index (Phi) is 3.18. The van der Waals surface area contributed by atoms with Gasteiger partial charge in [0.1, 0.15) is 0 Å². The van der Waals surface area contributed by atoms with Gasteiger partial charge in [-0.2, -0.15) is 0 Å². The predicted molar refractivity (Wildman–Crippen MR) is 75.3 cm³/mol. The number of nitrogens with one attached hydrogen (secondary N) is 2. The minimum absolute atomic E-state index is 0.423. The second kappa shape index (κ2) is 5.14. The summed E-state index contributed by atoms with van der Waals surface area (Å²) in [6.07, 6.45) is 5.55. The van der Waals surface area contributed by atoms with Gasteiger partial charge in [-0.3, -0.25) is 4.99 Å². The van der Waals surface area contributed by atoms with Crippen molar-refractivity contribution in [2.45, 2.75) is 19.5 Å². The smallest absolute Gasteiger partial charge is 0.191 e. The second-order valence-corrected chi connectivity index (χ2v) is 4.69. The number of imidazole rings is 1. The average Bonchev–Trinajstić information content (AvgIpc) is 3.08. The van der Waals surface area contributed by atoms with Crippen LogP contribution in [0.15, 0.2) is 48.0 Å². The fourth-order valence-corrected chi connectivity index (χ4v) is 2.15. The zero-order valence-electron chi connectivity index (χ0n) is 10.9. The van der Waals surface area contributed by atoms with Gasteiger partial charge in [-0.1, -0.05) is 18.2 Å². The summed E-state index contributed by atoms with van der Waals surface area (Å²) in [5.41, 5.74) is 2.35. The van der Waals surface area contributed by atoms with Gasteiger partial charge in [0.2, 0.25) is 0 Å². The van der Waals surface area contributed by atoms with Crippen molar-refractivity contribution in [3.05, 3.63) is 48.5 Å². The number of benzene rings is 1. The maximum atomic E-state index is 4.40. The largest absolute Gasteiger partial charge is 0.352 e. The lowest BCUT2D eigenvalue weighted by Crippen LogP contribution is -2.37. The Morgan fingerprint density at radius 3 is 3.05 bits per heavy atom. The van der Waals surface area contributed by atoms with Gasteiger partial charge < -0.3 is 15.2 Å². The van der Waals surface area contributed by atoms with Crippen LogP contribution in [0, 0.1) is 0 Å². The van der Waals surface area contributed by atoms with E-state index in [1.807, 2.05) is 29.2 Å². The lowest BCUT2D eigenvalue weighted by molar-refractivity contribution is 0.713. The highest BCUT2D eigenvalue weighted by atomic mass is 15.2. The van der Waals surface area contributed by atoms with Crippen molar-refractivity contribution in [1.82, 2.24) is 20.2 Å². The first-order valence-corrected chi connectivity index (χ1v) is 6.44. The zero-order chi connectivity index (χ0) is 13.1. The molecule has 3 rings (SSSR count). The van der Waals surface area contributed by atoms with Crippen LogP contribution in [0.1, 0.15) is 12.5 Å². The number of para-hydroxylation sites is 1. The minimum atomic E-state index is 0.423. The van der Waals surface area contributed by atoms with Gasteiger partial charge in [0.15, 0.2) is 5.96 Å². The Hall–Kier alpha value is -2.30. The molecule has 1 unspecified atom stereocenters. The van der Waals surface area contributed by atoms with E-state index in [4.69, 9.17) is 0 Å². The topological polar surface area (TPSA) is 54.2 Å². The monoisotopic (exact) mass is 255 g/mol. The van der Waals surface area contributed by atoms with Gasteiger partial charge in [0.05, 0.1) is 18.6 Å². The molecule has 98 valence electrons. The maximum absolute atomic E-state index is 4.40. The number of hydrogen-bond acceptors (Lipinski definition) is 4. The highest BCUT2D eigenvalue weighted by molar-refractivity contribution is 5.81. The SMILES string of the molecule is CC1CN=C(NCc2ccccc2-n2ccnc2)N1. The first-order chi connectivity index (χ1) is 9.33. The standard InChI is InChI=1S/C14H17N5/c1-11-8-16-14(18-11)17-9-12-4-2-3-5-13(12)19-7-6-15-10-19/h2-7,10-11H,8-9H2,1H3,(H2,16,17,18). The van der Waals surface area contributed by atoms with Gasteiger partial charge in [-0.15, -0.1) is 0 Å². The van der Waals surface area contributed by atoms with Crippen LogP contribution in [-0.2, 0) is 6.54 Å². The number of aliphatic imine (C=N–C) groups is 1. The Morgan fingerprint density at radius 2 is 2.32 bits per heavy atom. The van der Waals surface area contributed by atoms with Crippen molar-refractivity contribution in [3.8, 4) is 5.69 Å². The quantitative estimate of drug-likeness (QED) is 0.869. The Balaban J connectivity index is 1.74. The van der Waals surface area contributed by atoms with Crippen LogP contribution in [0.2, 0.25) is 0 Å². The van der Waals surface area contributed by atoms with Gasteiger partial charge >= 0.3 is 0 Å². The van der Waals surface area contributed by atoms with Crippen molar-refractivity contribution in [1.29, 1.82) is 0 Å². The van der Waals surface area contributed by atoms with Crippen LogP contribution < -0.4 is 10.6 Å². The molecule has 0 fully saturated rings. The zero-order valence-corrected chi connectivity index (χ0v) is 10.9. The molecule has 2 heterocycles. The molecular weight excluding hydrogens is 238 g/mol. The van der Waals surface area contributed by atoms with Crippen LogP contribution in [-0.4, -0.2) is 28.1 Å². The number of aromatic nitrogens is 2. The molecule has 0 radical (unpaired) electrons. The van der Waals surface area contributed by atoms with Gasteiger partial charge in [0.25, 0.3) is 0 Å². The highest BCUT2D eigenvalue weighted by Gasteiger charge is 2.12. The second-order valence-electron chi connectivity index (χ2n) is 4.69. The van der Waals surface area contributed by atoms with E-state index in [0.717, 1.165) is 24.7 Å². The van der Waals surface area contributed by atoms with Gasteiger partial charge in [0, 0.05) is 25.0 Å². The fraction of sp³-hybridized carbons (Fsp3) is 0.286. The van der Waals surface area contributed by atoms with E-state index in [0.29, 0.717) is 6.04 Å². The van der Waals surface area contributed by atoms with E-state index in [1.54, 1.807) is 6.20 Å². The van der Waals surface area contributed by atoms with E-state index in [9.17, 15) is 0 Å². The molecule has 0 bridgehead atoms. The van der Waals surface area contributed by atoms with Crippen molar-refractivity contribution < 1.29 is 0 Å². The molecule has 0 aliphatic carbocycles. The fourth-order valence-electron chi connectivity index (χ4n) is 2.15. The Bertz CT molecular complexity index is 573. The summed E-state index contributed by atoms with van der Waals surface area (Å²) in [6, 6.07) is 8.70. The number of guanidine groups is 1. The molecule has 0 spiro atoms. The molecule has 5 nitrogen and oxygen atoms in total. The van der Waals surface area contributed by atoms with Crippen LogP contribution in [0.4, 0.5) is 0 Å². The number of rotatable bonds is 3. The van der Waals surface area contributed by atoms with Crippen LogP contribution >= 0.6 is 0 Å². The van der Waals surface area contributed by atoms with E-state index in [2.05, 4.69) is 39.7 Å². The molecule has 1 aromatic carbocycles. The molecular formula is C14H17N5. The summed E-state index contributed by atoms with van der Waals surface area (Å²) in [7, 11) is 0. The summed E-state index contributed by atoms with van der Waals surface area (Å²) in [5.74, 6) is 0.882. The molecule has 2 N–H and O–H groups in total.